The summed E-state index contributed by atoms with van der Waals surface area (Å²) in [6.45, 7) is 1.85. The molecule has 0 spiro atoms. The molecule has 1 aliphatic rings. The van der Waals surface area contributed by atoms with E-state index in [1.165, 1.54) is 22.9 Å². The van der Waals surface area contributed by atoms with E-state index in [0.717, 1.165) is 0 Å². The Kier molecular flexibility index (Phi) is 5.10. The van der Waals surface area contributed by atoms with Crippen LogP contribution >= 0.6 is 27.5 Å². The zero-order chi connectivity index (χ0) is 18.1. The van der Waals surface area contributed by atoms with E-state index in [2.05, 4.69) is 21.0 Å². The first-order valence-electron chi connectivity index (χ1n) is 7.59. The van der Waals surface area contributed by atoms with Gasteiger partial charge in [-0.2, -0.15) is 5.10 Å². The van der Waals surface area contributed by atoms with Crippen LogP contribution in [0.15, 0.2) is 33.7 Å². The summed E-state index contributed by atoms with van der Waals surface area (Å²) in [4.78, 5) is 28.0. The number of nitrogens with zero attached hydrogens (tertiary/aromatic N) is 4. The summed E-state index contributed by atoms with van der Waals surface area (Å²) < 4.78 is 15.6. The second kappa shape index (κ2) is 7.13. The van der Waals surface area contributed by atoms with Crippen molar-refractivity contribution in [3.05, 3.63) is 55.6 Å². The number of anilines is 1. The van der Waals surface area contributed by atoms with Crippen LogP contribution in [0.3, 0.4) is 0 Å². The van der Waals surface area contributed by atoms with Crippen molar-refractivity contribution in [3.8, 4) is 0 Å². The number of hydrogen-bond acceptors (Lipinski definition) is 4. The van der Waals surface area contributed by atoms with Crippen LogP contribution in [0, 0.1) is 5.82 Å². The van der Waals surface area contributed by atoms with Gasteiger partial charge in [0.05, 0.1) is 17.4 Å². The summed E-state index contributed by atoms with van der Waals surface area (Å²) in [5, 5.41) is 4.34. The SMILES string of the molecule is Cn1ncc(N2CCN(C(=O)c3cc(Cl)ccc3F)CC2)c(Br)c1=O. The molecular formula is C16H15BrClFN4O2. The van der Waals surface area contributed by atoms with Gasteiger partial charge in [-0.25, -0.2) is 9.07 Å². The Bertz CT molecular complexity index is 881. The third-order valence-electron chi connectivity index (χ3n) is 4.13. The highest BCUT2D eigenvalue weighted by atomic mass is 79.9. The predicted octanol–water partition coefficient (Wildman–Crippen LogP) is 2.30. The van der Waals surface area contributed by atoms with Crippen molar-refractivity contribution in [3.63, 3.8) is 0 Å². The lowest BCUT2D eigenvalue weighted by Crippen LogP contribution is -2.49. The van der Waals surface area contributed by atoms with Gasteiger partial charge in [0.25, 0.3) is 11.5 Å². The molecule has 0 aliphatic carbocycles. The second-order valence-electron chi connectivity index (χ2n) is 5.68. The summed E-state index contributed by atoms with van der Waals surface area (Å²) >= 11 is 9.16. The van der Waals surface area contributed by atoms with Crippen LogP contribution in [-0.2, 0) is 7.05 Å². The van der Waals surface area contributed by atoms with Crippen LogP contribution in [0.4, 0.5) is 10.1 Å². The van der Waals surface area contributed by atoms with E-state index in [9.17, 15) is 14.0 Å². The lowest BCUT2D eigenvalue weighted by atomic mass is 10.1. The molecule has 1 saturated heterocycles. The highest BCUT2D eigenvalue weighted by Crippen LogP contribution is 2.24. The number of piperazine rings is 1. The average Bonchev–Trinajstić information content (AvgIpc) is 2.61. The van der Waals surface area contributed by atoms with Crippen LogP contribution in [0.2, 0.25) is 5.02 Å². The second-order valence-corrected chi connectivity index (χ2v) is 6.91. The Morgan fingerprint density at radius 2 is 1.96 bits per heavy atom. The van der Waals surface area contributed by atoms with Gasteiger partial charge in [0.1, 0.15) is 10.3 Å². The molecule has 0 atom stereocenters. The molecule has 2 heterocycles. The Hall–Kier alpha value is -1.93. The number of hydrogen-bond donors (Lipinski definition) is 0. The third kappa shape index (κ3) is 3.55. The zero-order valence-corrected chi connectivity index (χ0v) is 15.7. The van der Waals surface area contributed by atoms with Crippen molar-refractivity contribution in [2.45, 2.75) is 0 Å². The number of halogens is 3. The van der Waals surface area contributed by atoms with E-state index in [4.69, 9.17) is 11.6 Å². The molecule has 1 aromatic carbocycles. The largest absolute Gasteiger partial charge is 0.366 e. The minimum absolute atomic E-state index is 0.0302. The van der Waals surface area contributed by atoms with Gasteiger partial charge in [0, 0.05) is 38.2 Å². The minimum atomic E-state index is -0.588. The standard InChI is InChI=1S/C16H15BrClFN4O2/c1-21-16(25)14(17)13(9-20-21)22-4-6-23(7-5-22)15(24)11-8-10(18)2-3-12(11)19/h2-3,8-9H,4-7H2,1H3. The van der Waals surface area contributed by atoms with Gasteiger partial charge < -0.3 is 9.80 Å². The topological polar surface area (TPSA) is 58.4 Å². The first-order valence-corrected chi connectivity index (χ1v) is 8.76. The van der Waals surface area contributed by atoms with Crippen molar-refractivity contribution < 1.29 is 9.18 Å². The Balaban J connectivity index is 1.74. The molecule has 132 valence electrons. The molecule has 0 radical (unpaired) electrons. The Labute approximate surface area is 156 Å². The zero-order valence-electron chi connectivity index (χ0n) is 13.4. The van der Waals surface area contributed by atoms with E-state index in [0.29, 0.717) is 41.4 Å². The normalized spacial score (nSPS) is 14.7. The average molecular weight is 430 g/mol. The molecule has 0 bridgehead atoms. The smallest absolute Gasteiger partial charge is 0.282 e. The molecule has 1 aliphatic heterocycles. The number of rotatable bonds is 2. The Morgan fingerprint density at radius 3 is 2.64 bits per heavy atom. The fourth-order valence-electron chi connectivity index (χ4n) is 2.70. The van der Waals surface area contributed by atoms with Crippen molar-refractivity contribution in [1.82, 2.24) is 14.7 Å². The molecule has 1 fully saturated rings. The summed E-state index contributed by atoms with van der Waals surface area (Å²) in [5.41, 5.74) is 0.429. The van der Waals surface area contributed by atoms with Gasteiger partial charge in [0.15, 0.2) is 0 Å². The van der Waals surface area contributed by atoms with Gasteiger partial charge >= 0.3 is 0 Å². The fraction of sp³-hybridized carbons (Fsp3) is 0.312. The molecule has 3 rings (SSSR count). The summed E-state index contributed by atoms with van der Waals surface area (Å²) in [6, 6.07) is 3.94. The molecule has 9 heteroatoms. The molecular weight excluding hydrogens is 415 g/mol. The lowest BCUT2D eigenvalue weighted by Gasteiger charge is -2.36. The summed E-state index contributed by atoms with van der Waals surface area (Å²) in [6.07, 6.45) is 1.61. The predicted molar refractivity (Wildman–Crippen MR) is 96.7 cm³/mol. The monoisotopic (exact) mass is 428 g/mol. The fourth-order valence-corrected chi connectivity index (χ4v) is 3.49. The van der Waals surface area contributed by atoms with Gasteiger partial charge in [-0.1, -0.05) is 11.6 Å². The maximum Gasteiger partial charge on any atom is 0.282 e. The summed E-state index contributed by atoms with van der Waals surface area (Å²) in [7, 11) is 1.58. The highest BCUT2D eigenvalue weighted by Gasteiger charge is 2.26. The van der Waals surface area contributed by atoms with E-state index in [1.807, 2.05) is 4.90 Å². The van der Waals surface area contributed by atoms with Crippen molar-refractivity contribution in [2.24, 2.45) is 7.05 Å². The third-order valence-corrected chi connectivity index (χ3v) is 5.11. The first-order chi connectivity index (χ1) is 11.9. The Morgan fingerprint density at radius 1 is 1.28 bits per heavy atom. The minimum Gasteiger partial charge on any atom is -0.366 e. The lowest BCUT2D eigenvalue weighted by molar-refractivity contribution is 0.0742. The van der Waals surface area contributed by atoms with E-state index >= 15 is 0 Å². The molecule has 2 aromatic rings. The molecule has 0 unspecified atom stereocenters. The van der Waals surface area contributed by atoms with Gasteiger partial charge in [-0.3, -0.25) is 9.59 Å². The summed E-state index contributed by atoms with van der Waals surface area (Å²) in [5.74, 6) is -0.976. The number of amides is 1. The van der Waals surface area contributed by atoms with Crippen LogP contribution < -0.4 is 10.5 Å². The van der Waals surface area contributed by atoms with E-state index < -0.39 is 5.82 Å². The van der Waals surface area contributed by atoms with Crippen LogP contribution in [0.5, 0.6) is 0 Å². The van der Waals surface area contributed by atoms with E-state index in [1.54, 1.807) is 18.1 Å². The first kappa shape index (κ1) is 17.9. The quantitative estimate of drug-likeness (QED) is 0.735. The number of benzene rings is 1. The number of carbonyl (C=O) groups excluding carboxylic acids is 1. The maximum absolute atomic E-state index is 13.9. The van der Waals surface area contributed by atoms with E-state index in [-0.39, 0.29) is 17.0 Å². The van der Waals surface area contributed by atoms with Crippen molar-refractivity contribution >= 4 is 39.1 Å². The van der Waals surface area contributed by atoms with Crippen molar-refractivity contribution in [2.75, 3.05) is 31.1 Å². The number of aryl methyl sites for hydroxylation is 1. The molecule has 6 nitrogen and oxygen atoms in total. The molecule has 0 saturated carbocycles. The molecule has 1 amide bonds. The van der Waals surface area contributed by atoms with Crippen molar-refractivity contribution in [1.29, 1.82) is 0 Å². The number of aromatic nitrogens is 2. The molecule has 25 heavy (non-hydrogen) atoms. The maximum atomic E-state index is 13.9. The molecule has 1 aromatic heterocycles. The van der Waals surface area contributed by atoms with Crippen LogP contribution in [0.1, 0.15) is 10.4 Å². The van der Waals surface area contributed by atoms with Gasteiger partial charge in [0.2, 0.25) is 0 Å². The highest BCUT2D eigenvalue weighted by molar-refractivity contribution is 9.10. The van der Waals surface area contributed by atoms with Gasteiger partial charge in [-0.05, 0) is 34.1 Å². The number of carbonyl (C=O) groups is 1. The molecule has 0 N–H and O–H groups in total. The van der Waals surface area contributed by atoms with Crippen LogP contribution in [-0.4, -0.2) is 46.8 Å². The van der Waals surface area contributed by atoms with Crippen LogP contribution in [0.25, 0.3) is 0 Å². The van der Waals surface area contributed by atoms with Gasteiger partial charge in [-0.15, -0.1) is 0 Å².